The van der Waals surface area contributed by atoms with Crippen molar-refractivity contribution in [1.29, 1.82) is 0 Å². The zero-order chi connectivity index (χ0) is 16.9. The number of nitrogens with zero attached hydrogens (tertiary/aromatic N) is 1. The van der Waals surface area contributed by atoms with Gasteiger partial charge >= 0.3 is 6.03 Å². The zero-order valence-corrected chi connectivity index (χ0v) is 14.2. The van der Waals surface area contributed by atoms with E-state index in [4.69, 9.17) is 9.47 Å². The van der Waals surface area contributed by atoms with Gasteiger partial charge in [0.15, 0.2) is 0 Å². The Labute approximate surface area is 142 Å². The van der Waals surface area contributed by atoms with Crippen molar-refractivity contribution in [3.05, 3.63) is 48.0 Å². The van der Waals surface area contributed by atoms with E-state index in [0.717, 1.165) is 5.56 Å². The maximum atomic E-state index is 12.6. The minimum atomic E-state index is -0.0627. The van der Waals surface area contributed by atoms with Crippen molar-refractivity contribution in [2.45, 2.75) is 19.1 Å². The number of hydrogen-bond donors (Lipinski definition) is 1. The van der Waals surface area contributed by atoms with E-state index in [1.165, 1.54) is 10.8 Å². The highest BCUT2D eigenvalue weighted by Gasteiger charge is 2.25. The van der Waals surface area contributed by atoms with Gasteiger partial charge in [0, 0.05) is 13.7 Å². The first-order valence-electron chi connectivity index (χ1n) is 8.32. The van der Waals surface area contributed by atoms with E-state index in [2.05, 4.69) is 29.6 Å². The monoisotopic (exact) mass is 328 g/mol. The Morgan fingerprint density at radius 1 is 1.33 bits per heavy atom. The minimum Gasteiger partial charge on any atom is -0.382 e. The molecule has 0 aliphatic carbocycles. The first kappa shape index (κ1) is 16.7. The van der Waals surface area contributed by atoms with E-state index < -0.39 is 0 Å². The van der Waals surface area contributed by atoms with Crippen molar-refractivity contribution in [3.63, 3.8) is 0 Å². The second-order valence-corrected chi connectivity index (χ2v) is 6.13. The van der Waals surface area contributed by atoms with Crippen LogP contribution in [0.3, 0.4) is 0 Å². The summed E-state index contributed by atoms with van der Waals surface area (Å²) < 4.78 is 10.7. The van der Waals surface area contributed by atoms with Crippen LogP contribution in [0.2, 0.25) is 0 Å². The second kappa shape index (κ2) is 7.64. The fourth-order valence-electron chi connectivity index (χ4n) is 3.17. The summed E-state index contributed by atoms with van der Waals surface area (Å²) in [5, 5.41) is 5.47. The summed E-state index contributed by atoms with van der Waals surface area (Å²) in [5.74, 6) is 0. The van der Waals surface area contributed by atoms with Gasteiger partial charge < -0.3 is 19.7 Å². The summed E-state index contributed by atoms with van der Waals surface area (Å²) in [6.07, 6.45) is -0.0534. The molecule has 0 aromatic heterocycles. The van der Waals surface area contributed by atoms with Gasteiger partial charge in [-0.05, 0) is 23.3 Å². The van der Waals surface area contributed by atoms with Crippen molar-refractivity contribution in [3.8, 4) is 0 Å². The zero-order valence-electron chi connectivity index (χ0n) is 14.2. The van der Waals surface area contributed by atoms with E-state index in [1.54, 1.807) is 12.0 Å². The average molecular weight is 328 g/mol. The van der Waals surface area contributed by atoms with Crippen LogP contribution < -0.4 is 5.32 Å². The summed E-state index contributed by atoms with van der Waals surface area (Å²) in [4.78, 5) is 14.4. The van der Waals surface area contributed by atoms with Gasteiger partial charge in [-0.25, -0.2) is 4.79 Å². The molecule has 5 heteroatoms. The van der Waals surface area contributed by atoms with Crippen LogP contribution in [-0.4, -0.2) is 50.4 Å². The number of nitrogens with one attached hydrogen (secondary N) is 1. The molecule has 3 rings (SSSR count). The quantitative estimate of drug-likeness (QED) is 0.939. The largest absolute Gasteiger partial charge is 0.382 e. The Morgan fingerprint density at radius 2 is 2.12 bits per heavy atom. The van der Waals surface area contributed by atoms with Crippen molar-refractivity contribution in [2.24, 2.45) is 0 Å². The molecule has 1 heterocycles. The van der Waals surface area contributed by atoms with Gasteiger partial charge in [0.1, 0.15) is 0 Å². The van der Waals surface area contributed by atoms with Crippen LogP contribution in [-0.2, 0) is 9.47 Å². The highest BCUT2D eigenvalue weighted by molar-refractivity contribution is 5.86. The summed E-state index contributed by atoms with van der Waals surface area (Å²) in [6, 6.07) is 14.3. The fraction of sp³-hybridized carbons (Fsp3) is 0.421. The first-order valence-corrected chi connectivity index (χ1v) is 8.32. The van der Waals surface area contributed by atoms with Crippen molar-refractivity contribution in [2.75, 3.05) is 33.4 Å². The molecule has 24 heavy (non-hydrogen) atoms. The lowest BCUT2D eigenvalue weighted by Gasteiger charge is -2.33. The number of carbonyl (C=O) groups is 1. The molecule has 5 nitrogen and oxygen atoms in total. The summed E-state index contributed by atoms with van der Waals surface area (Å²) in [6.45, 7) is 4.23. The normalized spacial score (nSPS) is 19.2. The molecule has 1 fully saturated rings. The molecule has 2 aromatic carbocycles. The number of methoxy groups -OCH3 is 1. The molecule has 1 saturated heterocycles. The number of morpholine rings is 1. The lowest BCUT2D eigenvalue weighted by Crippen LogP contribution is -2.51. The van der Waals surface area contributed by atoms with E-state index in [-0.39, 0.29) is 18.2 Å². The maximum absolute atomic E-state index is 12.6. The number of urea groups is 1. The Kier molecular flexibility index (Phi) is 5.33. The van der Waals surface area contributed by atoms with E-state index in [0.29, 0.717) is 26.3 Å². The third kappa shape index (κ3) is 3.68. The third-order valence-corrected chi connectivity index (χ3v) is 4.41. The lowest BCUT2D eigenvalue weighted by molar-refractivity contribution is -0.0496. The van der Waals surface area contributed by atoms with Gasteiger partial charge in [-0.15, -0.1) is 0 Å². The average Bonchev–Trinajstić information content (AvgIpc) is 2.61. The highest BCUT2D eigenvalue weighted by Crippen LogP contribution is 2.24. The molecule has 1 aliphatic rings. The smallest absolute Gasteiger partial charge is 0.318 e. The van der Waals surface area contributed by atoms with Crippen LogP contribution in [0.1, 0.15) is 18.5 Å². The van der Waals surface area contributed by atoms with Crippen LogP contribution in [0.5, 0.6) is 0 Å². The van der Waals surface area contributed by atoms with Crippen molar-refractivity contribution >= 4 is 16.8 Å². The molecule has 2 amide bonds. The van der Waals surface area contributed by atoms with Gasteiger partial charge in [0.05, 0.1) is 31.9 Å². The summed E-state index contributed by atoms with van der Waals surface area (Å²) in [5.41, 5.74) is 1.13. The number of hydrogen-bond acceptors (Lipinski definition) is 3. The summed E-state index contributed by atoms with van der Waals surface area (Å²) >= 11 is 0. The van der Waals surface area contributed by atoms with Gasteiger partial charge in [-0.2, -0.15) is 0 Å². The number of fused-ring (bicyclic) bond motifs is 1. The highest BCUT2D eigenvalue weighted by atomic mass is 16.5. The van der Waals surface area contributed by atoms with Gasteiger partial charge in [0.25, 0.3) is 0 Å². The number of carbonyl (C=O) groups excluding carboxylic acids is 1. The van der Waals surface area contributed by atoms with Crippen LogP contribution in [0.25, 0.3) is 10.8 Å². The lowest BCUT2D eigenvalue weighted by atomic mass is 10.00. The van der Waals surface area contributed by atoms with Crippen LogP contribution in [0.15, 0.2) is 42.5 Å². The standard InChI is InChI=1S/C19H24N2O3/c1-14(17-9-5-7-15-6-3-4-8-18(15)17)20-19(22)21-10-11-24-16(12-21)13-23-2/h3-9,14,16H,10-13H2,1-2H3,(H,20,22)/t14-,16+/m0/s1. The van der Waals surface area contributed by atoms with Crippen LogP contribution >= 0.6 is 0 Å². The molecule has 1 aliphatic heterocycles. The number of rotatable bonds is 4. The maximum Gasteiger partial charge on any atom is 0.318 e. The number of ether oxygens (including phenoxy) is 2. The molecule has 0 spiro atoms. The Bertz CT molecular complexity index is 697. The Morgan fingerprint density at radius 3 is 2.96 bits per heavy atom. The van der Waals surface area contributed by atoms with E-state index >= 15 is 0 Å². The van der Waals surface area contributed by atoms with Crippen molar-refractivity contribution in [1.82, 2.24) is 10.2 Å². The molecule has 2 atom stereocenters. The molecule has 128 valence electrons. The molecular formula is C19H24N2O3. The molecule has 0 unspecified atom stereocenters. The molecule has 2 aromatic rings. The predicted octanol–water partition coefficient (Wildman–Crippen LogP) is 2.96. The van der Waals surface area contributed by atoms with Gasteiger partial charge in [-0.1, -0.05) is 42.5 Å². The van der Waals surface area contributed by atoms with Gasteiger partial charge in [0.2, 0.25) is 0 Å². The molecule has 0 bridgehead atoms. The molecular weight excluding hydrogens is 304 g/mol. The summed E-state index contributed by atoms with van der Waals surface area (Å²) in [7, 11) is 1.64. The molecule has 0 radical (unpaired) electrons. The number of amides is 2. The molecule has 1 N–H and O–H groups in total. The topological polar surface area (TPSA) is 50.8 Å². The van der Waals surface area contributed by atoms with Gasteiger partial charge in [-0.3, -0.25) is 0 Å². The van der Waals surface area contributed by atoms with Crippen LogP contribution in [0.4, 0.5) is 4.79 Å². The number of benzene rings is 2. The van der Waals surface area contributed by atoms with Crippen LogP contribution in [0, 0.1) is 0 Å². The van der Waals surface area contributed by atoms with Crippen molar-refractivity contribution < 1.29 is 14.3 Å². The van der Waals surface area contributed by atoms with E-state index in [1.807, 2.05) is 25.1 Å². The minimum absolute atomic E-state index is 0.0534. The predicted molar refractivity (Wildman–Crippen MR) is 94.1 cm³/mol. The Hall–Kier alpha value is -2.11. The third-order valence-electron chi connectivity index (χ3n) is 4.41. The SMILES string of the molecule is COC[C@H]1CN(C(=O)N[C@@H](C)c2cccc3ccccc23)CCO1. The second-order valence-electron chi connectivity index (χ2n) is 6.13. The van der Waals surface area contributed by atoms with E-state index in [9.17, 15) is 4.79 Å². The fourth-order valence-corrected chi connectivity index (χ4v) is 3.17. The Balaban J connectivity index is 1.69. The molecule has 0 saturated carbocycles. The first-order chi connectivity index (χ1) is 11.7.